The molecular formula is C12H17F3N2O. The largest absolute Gasteiger partial charge is 0.390 e. The average molecular weight is 262 g/mol. The number of hydrogen-bond donors (Lipinski definition) is 0. The van der Waals surface area contributed by atoms with Crippen molar-refractivity contribution in [2.45, 2.75) is 44.7 Å². The molecule has 1 aliphatic rings. The van der Waals surface area contributed by atoms with Crippen molar-refractivity contribution in [1.82, 2.24) is 4.90 Å². The van der Waals surface area contributed by atoms with E-state index in [2.05, 4.69) is 0 Å². The summed E-state index contributed by atoms with van der Waals surface area (Å²) in [6, 6.07) is 2.02. The molecule has 0 unspecified atom stereocenters. The van der Waals surface area contributed by atoms with Crippen LogP contribution in [-0.4, -0.2) is 30.6 Å². The second kappa shape index (κ2) is 5.59. The van der Waals surface area contributed by atoms with Gasteiger partial charge in [-0.1, -0.05) is 19.3 Å². The minimum absolute atomic E-state index is 0.383. The minimum atomic E-state index is -4.28. The number of nitrogens with zero attached hydrogens (tertiary/aromatic N) is 2. The summed E-state index contributed by atoms with van der Waals surface area (Å²) in [5, 5.41) is 9.17. The lowest BCUT2D eigenvalue weighted by molar-refractivity contribution is -0.149. The molecule has 0 N–H and O–H groups in total. The normalized spacial score (nSPS) is 19.1. The number of halogens is 3. The highest BCUT2D eigenvalue weighted by atomic mass is 19.4. The van der Waals surface area contributed by atoms with Crippen LogP contribution in [0.2, 0.25) is 0 Å². The molecule has 0 spiro atoms. The molecule has 0 aromatic heterocycles. The number of carbonyl (C=O) groups is 1. The molecule has 1 fully saturated rings. The Hall–Kier alpha value is -1.25. The highest BCUT2D eigenvalue weighted by molar-refractivity contribution is 5.85. The van der Waals surface area contributed by atoms with Gasteiger partial charge in [0.05, 0.1) is 12.5 Å². The van der Waals surface area contributed by atoms with Crippen LogP contribution in [0.4, 0.5) is 13.2 Å². The first-order valence-corrected chi connectivity index (χ1v) is 6.04. The summed E-state index contributed by atoms with van der Waals surface area (Å²) >= 11 is 0. The third-order valence-corrected chi connectivity index (χ3v) is 3.41. The quantitative estimate of drug-likeness (QED) is 0.785. The van der Waals surface area contributed by atoms with Crippen molar-refractivity contribution in [3.05, 3.63) is 0 Å². The number of alkyl halides is 3. The molecule has 3 nitrogen and oxygen atoms in total. The molecule has 0 aromatic carbocycles. The van der Waals surface area contributed by atoms with Crippen LogP contribution in [0, 0.1) is 16.7 Å². The Labute approximate surface area is 105 Å². The predicted octanol–water partition coefficient (Wildman–Crippen LogP) is 2.87. The Morgan fingerprint density at radius 1 is 1.33 bits per heavy atom. The topological polar surface area (TPSA) is 44.1 Å². The smallest absolute Gasteiger partial charge is 0.344 e. The van der Waals surface area contributed by atoms with Gasteiger partial charge in [0.1, 0.15) is 5.41 Å². The fourth-order valence-electron chi connectivity index (χ4n) is 2.29. The maximum atomic E-state index is 12.1. The minimum Gasteiger partial charge on any atom is -0.344 e. The predicted molar refractivity (Wildman–Crippen MR) is 59.4 cm³/mol. The number of rotatable bonds is 3. The number of carbonyl (C=O) groups excluding carboxylic acids is 1. The second-order valence-corrected chi connectivity index (χ2v) is 4.85. The van der Waals surface area contributed by atoms with Crippen molar-refractivity contribution >= 4 is 5.91 Å². The van der Waals surface area contributed by atoms with Gasteiger partial charge in [0.15, 0.2) is 0 Å². The molecule has 102 valence electrons. The molecule has 1 rings (SSSR count). The molecule has 0 bridgehead atoms. The van der Waals surface area contributed by atoms with Gasteiger partial charge >= 0.3 is 6.18 Å². The van der Waals surface area contributed by atoms with Gasteiger partial charge in [-0.05, 0) is 12.8 Å². The zero-order valence-corrected chi connectivity index (χ0v) is 10.4. The fraction of sp³-hybridized carbons (Fsp3) is 0.833. The SMILES string of the molecule is CN(CCC(F)(F)F)C(=O)C1(C#N)CCCCC1. The summed E-state index contributed by atoms with van der Waals surface area (Å²) in [7, 11) is 1.34. The third kappa shape index (κ3) is 3.62. The lowest BCUT2D eigenvalue weighted by Gasteiger charge is -2.33. The maximum Gasteiger partial charge on any atom is 0.390 e. The van der Waals surface area contributed by atoms with Crippen molar-refractivity contribution in [1.29, 1.82) is 5.26 Å². The van der Waals surface area contributed by atoms with Crippen molar-refractivity contribution in [2.24, 2.45) is 5.41 Å². The van der Waals surface area contributed by atoms with Gasteiger partial charge in [-0.2, -0.15) is 18.4 Å². The summed E-state index contributed by atoms with van der Waals surface area (Å²) in [4.78, 5) is 13.1. The van der Waals surface area contributed by atoms with Gasteiger partial charge in [-0.25, -0.2) is 0 Å². The zero-order valence-electron chi connectivity index (χ0n) is 10.4. The van der Waals surface area contributed by atoms with Gasteiger partial charge in [-0.15, -0.1) is 0 Å². The Morgan fingerprint density at radius 2 is 1.89 bits per heavy atom. The Balaban J connectivity index is 2.64. The highest BCUT2D eigenvalue weighted by Gasteiger charge is 2.42. The number of amides is 1. The first-order chi connectivity index (χ1) is 8.31. The number of hydrogen-bond acceptors (Lipinski definition) is 2. The summed E-state index contributed by atoms with van der Waals surface area (Å²) in [5.41, 5.74) is -1.10. The number of nitriles is 1. The van der Waals surface area contributed by atoms with E-state index in [-0.39, 0.29) is 6.54 Å². The fourth-order valence-corrected chi connectivity index (χ4v) is 2.29. The van der Waals surface area contributed by atoms with E-state index < -0.39 is 23.9 Å². The first kappa shape index (κ1) is 14.8. The zero-order chi connectivity index (χ0) is 13.8. The van der Waals surface area contributed by atoms with Crippen LogP contribution in [0.3, 0.4) is 0 Å². The van der Waals surface area contributed by atoms with Crippen molar-refractivity contribution in [2.75, 3.05) is 13.6 Å². The van der Waals surface area contributed by atoms with E-state index in [1.165, 1.54) is 7.05 Å². The molecule has 1 amide bonds. The summed E-state index contributed by atoms with van der Waals surface area (Å²) in [5.74, 6) is -0.464. The molecule has 0 heterocycles. The molecule has 0 radical (unpaired) electrons. The van der Waals surface area contributed by atoms with E-state index in [1.54, 1.807) is 0 Å². The molecule has 0 saturated heterocycles. The van der Waals surface area contributed by atoms with Crippen LogP contribution >= 0.6 is 0 Å². The summed E-state index contributed by atoms with van der Waals surface area (Å²) < 4.78 is 36.3. The summed E-state index contributed by atoms with van der Waals surface area (Å²) in [6.45, 7) is -0.383. The average Bonchev–Trinajstić information content (AvgIpc) is 2.35. The van der Waals surface area contributed by atoms with Gasteiger partial charge in [-0.3, -0.25) is 4.79 Å². The molecule has 6 heteroatoms. The van der Waals surface area contributed by atoms with Crippen LogP contribution in [0.1, 0.15) is 38.5 Å². The van der Waals surface area contributed by atoms with Gasteiger partial charge in [0.25, 0.3) is 0 Å². The van der Waals surface area contributed by atoms with Crippen molar-refractivity contribution in [3.63, 3.8) is 0 Å². The van der Waals surface area contributed by atoms with E-state index in [0.29, 0.717) is 12.8 Å². The molecule has 0 aromatic rings. The lowest BCUT2D eigenvalue weighted by Crippen LogP contribution is -2.43. The van der Waals surface area contributed by atoms with E-state index in [0.717, 1.165) is 24.2 Å². The van der Waals surface area contributed by atoms with E-state index in [1.807, 2.05) is 6.07 Å². The Bertz CT molecular complexity index is 340. The monoisotopic (exact) mass is 262 g/mol. The lowest BCUT2D eigenvalue weighted by atomic mass is 9.74. The maximum absolute atomic E-state index is 12.1. The van der Waals surface area contributed by atoms with E-state index >= 15 is 0 Å². The van der Waals surface area contributed by atoms with Crippen molar-refractivity contribution < 1.29 is 18.0 Å². The van der Waals surface area contributed by atoms with Gasteiger partial charge < -0.3 is 4.90 Å². The molecule has 0 atom stereocenters. The third-order valence-electron chi connectivity index (χ3n) is 3.41. The molecule has 18 heavy (non-hydrogen) atoms. The molecular weight excluding hydrogens is 245 g/mol. The van der Waals surface area contributed by atoms with E-state index in [9.17, 15) is 18.0 Å². The van der Waals surface area contributed by atoms with Crippen LogP contribution in [-0.2, 0) is 4.79 Å². The van der Waals surface area contributed by atoms with Crippen LogP contribution in [0.15, 0.2) is 0 Å². The molecule has 1 saturated carbocycles. The first-order valence-electron chi connectivity index (χ1n) is 6.04. The Kier molecular flexibility index (Phi) is 4.60. The standard InChI is InChI=1S/C12H17F3N2O/c1-17(8-7-12(13,14)15)10(18)11(9-16)5-3-2-4-6-11/h2-8H2,1H3. The van der Waals surface area contributed by atoms with Gasteiger partial charge in [0.2, 0.25) is 5.91 Å². The Morgan fingerprint density at radius 3 is 2.33 bits per heavy atom. The van der Waals surface area contributed by atoms with Gasteiger partial charge in [0, 0.05) is 13.6 Å². The summed E-state index contributed by atoms with van der Waals surface area (Å²) in [6.07, 6.45) is -1.85. The van der Waals surface area contributed by atoms with Crippen LogP contribution in [0.25, 0.3) is 0 Å². The second-order valence-electron chi connectivity index (χ2n) is 4.85. The van der Waals surface area contributed by atoms with Crippen molar-refractivity contribution in [3.8, 4) is 6.07 Å². The van der Waals surface area contributed by atoms with Crippen LogP contribution in [0.5, 0.6) is 0 Å². The van der Waals surface area contributed by atoms with E-state index in [4.69, 9.17) is 5.26 Å². The highest BCUT2D eigenvalue weighted by Crippen LogP contribution is 2.37. The van der Waals surface area contributed by atoms with Crippen LogP contribution < -0.4 is 0 Å². The molecule has 0 aliphatic heterocycles. The molecule has 1 aliphatic carbocycles.